The molecule has 0 radical (unpaired) electrons. The lowest BCUT2D eigenvalue weighted by atomic mass is 10.1. The third-order valence-corrected chi connectivity index (χ3v) is 6.06. The molecule has 3 heterocycles. The molecule has 0 saturated carbocycles. The zero-order valence-electron chi connectivity index (χ0n) is 20.8. The van der Waals surface area contributed by atoms with Crippen LogP contribution < -0.4 is 16.6 Å². The van der Waals surface area contributed by atoms with Crippen LogP contribution in [0.15, 0.2) is 33.9 Å². The first kappa shape index (κ1) is 24.2. The Bertz CT molecular complexity index is 1520. The van der Waals surface area contributed by atoms with Gasteiger partial charge in [-0.15, -0.1) is 0 Å². The van der Waals surface area contributed by atoms with Crippen LogP contribution in [-0.2, 0) is 24.4 Å². The zero-order valence-corrected chi connectivity index (χ0v) is 20.8. The molecule has 2 N–H and O–H groups in total. The Morgan fingerprint density at radius 3 is 2.40 bits per heavy atom. The van der Waals surface area contributed by atoms with Gasteiger partial charge in [-0.05, 0) is 62.9 Å². The Kier molecular flexibility index (Phi) is 6.72. The van der Waals surface area contributed by atoms with Crippen molar-refractivity contribution in [3.05, 3.63) is 61.9 Å². The Morgan fingerprint density at radius 2 is 1.71 bits per heavy atom. The summed E-state index contributed by atoms with van der Waals surface area (Å²) in [6.45, 7) is 10.6. The van der Waals surface area contributed by atoms with Crippen molar-refractivity contribution in [2.45, 2.75) is 67.1 Å². The molecular weight excluding hydrogens is 446 g/mol. The first-order chi connectivity index (χ1) is 16.7. The van der Waals surface area contributed by atoms with Gasteiger partial charge in [-0.25, -0.2) is 9.78 Å². The largest absolute Gasteiger partial charge is 0.332 e. The van der Waals surface area contributed by atoms with E-state index in [0.29, 0.717) is 36.7 Å². The van der Waals surface area contributed by atoms with E-state index >= 15 is 0 Å². The summed E-state index contributed by atoms with van der Waals surface area (Å²) < 4.78 is 4.38. The first-order valence-electron chi connectivity index (χ1n) is 11.9. The van der Waals surface area contributed by atoms with Crippen LogP contribution in [0.5, 0.6) is 0 Å². The summed E-state index contributed by atoms with van der Waals surface area (Å²) in [5.41, 5.74) is 4.12. The minimum atomic E-state index is -0.387. The summed E-state index contributed by atoms with van der Waals surface area (Å²) >= 11 is 0. The molecule has 0 spiro atoms. The highest BCUT2D eigenvalue weighted by molar-refractivity contribution is 5.90. The summed E-state index contributed by atoms with van der Waals surface area (Å²) in [7, 11) is 0. The van der Waals surface area contributed by atoms with Crippen molar-refractivity contribution in [2.24, 2.45) is 0 Å². The van der Waals surface area contributed by atoms with Gasteiger partial charge in [0, 0.05) is 24.5 Å². The number of carbonyl (C=O) groups is 1. The molecule has 0 unspecified atom stereocenters. The molecule has 0 aliphatic heterocycles. The topological polar surface area (TPSA) is 120 Å². The predicted octanol–water partition coefficient (Wildman–Crippen LogP) is 3.13. The van der Waals surface area contributed by atoms with Gasteiger partial charge >= 0.3 is 5.69 Å². The quantitative estimate of drug-likeness (QED) is 0.404. The summed E-state index contributed by atoms with van der Waals surface area (Å²) in [4.78, 5) is 46.2. The van der Waals surface area contributed by atoms with Crippen molar-refractivity contribution < 1.29 is 4.79 Å². The van der Waals surface area contributed by atoms with E-state index in [1.165, 1.54) is 9.13 Å². The number of amides is 1. The SMILES string of the molecule is CCCn1c(=O)c2[nH]c(-c3cc(C)n(CC(=O)Nc4ccc(C)c(C)c4)n3)nc2n(CCC)c1=O. The molecule has 0 bridgehead atoms. The van der Waals surface area contributed by atoms with Crippen molar-refractivity contribution in [1.82, 2.24) is 28.9 Å². The summed E-state index contributed by atoms with van der Waals surface area (Å²) in [6.07, 6.45) is 1.40. The molecule has 35 heavy (non-hydrogen) atoms. The molecule has 4 rings (SSSR count). The highest BCUT2D eigenvalue weighted by Crippen LogP contribution is 2.19. The number of hydrogen-bond acceptors (Lipinski definition) is 5. The number of benzene rings is 1. The number of aromatic nitrogens is 6. The maximum absolute atomic E-state index is 13.0. The fourth-order valence-corrected chi connectivity index (χ4v) is 4.08. The molecule has 4 aromatic rings. The van der Waals surface area contributed by atoms with E-state index in [-0.39, 0.29) is 29.2 Å². The Balaban J connectivity index is 1.66. The van der Waals surface area contributed by atoms with E-state index in [4.69, 9.17) is 0 Å². The van der Waals surface area contributed by atoms with Crippen LogP contribution in [0.4, 0.5) is 5.69 Å². The maximum atomic E-state index is 13.0. The van der Waals surface area contributed by atoms with Crippen LogP contribution in [0, 0.1) is 20.8 Å². The van der Waals surface area contributed by atoms with E-state index < -0.39 is 0 Å². The van der Waals surface area contributed by atoms with Crippen molar-refractivity contribution in [2.75, 3.05) is 5.32 Å². The third-order valence-electron chi connectivity index (χ3n) is 6.06. The normalized spacial score (nSPS) is 11.3. The molecular formula is C25H31N7O3. The molecule has 184 valence electrons. The van der Waals surface area contributed by atoms with Gasteiger partial charge in [0.2, 0.25) is 5.91 Å². The number of rotatable bonds is 8. The van der Waals surface area contributed by atoms with Crippen LogP contribution in [0.3, 0.4) is 0 Å². The Morgan fingerprint density at radius 1 is 1.00 bits per heavy atom. The second kappa shape index (κ2) is 9.73. The lowest BCUT2D eigenvalue weighted by Crippen LogP contribution is -2.40. The number of aromatic amines is 1. The highest BCUT2D eigenvalue weighted by atomic mass is 16.2. The molecule has 0 aliphatic rings. The minimum Gasteiger partial charge on any atom is -0.331 e. The molecule has 1 aromatic carbocycles. The fourth-order valence-electron chi connectivity index (χ4n) is 4.08. The Labute approximate surface area is 202 Å². The van der Waals surface area contributed by atoms with Crippen LogP contribution in [0.1, 0.15) is 43.5 Å². The third kappa shape index (κ3) is 4.68. The van der Waals surface area contributed by atoms with E-state index in [9.17, 15) is 14.4 Å². The van der Waals surface area contributed by atoms with Gasteiger partial charge < -0.3 is 10.3 Å². The molecule has 0 atom stereocenters. The van der Waals surface area contributed by atoms with Crippen LogP contribution >= 0.6 is 0 Å². The van der Waals surface area contributed by atoms with Crippen molar-refractivity contribution in [1.29, 1.82) is 0 Å². The van der Waals surface area contributed by atoms with E-state index in [1.54, 1.807) is 10.7 Å². The van der Waals surface area contributed by atoms with Crippen molar-refractivity contribution >= 4 is 22.8 Å². The lowest BCUT2D eigenvalue weighted by molar-refractivity contribution is -0.116. The number of hydrogen-bond donors (Lipinski definition) is 2. The maximum Gasteiger partial charge on any atom is 0.332 e. The number of carbonyl (C=O) groups excluding carboxylic acids is 1. The lowest BCUT2D eigenvalue weighted by Gasteiger charge is -2.09. The average molecular weight is 478 g/mol. The standard InChI is InChI=1S/C25H31N7O3/c1-6-10-30-23-21(24(34)31(11-7-2)25(30)35)27-22(28-23)19-13-17(5)32(29-19)14-20(33)26-18-9-8-15(3)16(4)12-18/h8-9,12-13H,6-7,10-11,14H2,1-5H3,(H,26,33)(H,27,28). The number of nitrogens with zero attached hydrogens (tertiary/aromatic N) is 5. The van der Waals surface area contributed by atoms with E-state index in [0.717, 1.165) is 28.9 Å². The van der Waals surface area contributed by atoms with Crippen molar-refractivity contribution in [3.8, 4) is 11.5 Å². The van der Waals surface area contributed by atoms with Gasteiger partial charge in [0.1, 0.15) is 17.8 Å². The van der Waals surface area contributed by atoms with Gasteiger partial charge in [0.05, 0.1) is 0 Å². The number of fused-ring (bicyclic) bond motifs is 1. The number of imidazole rings is 1. The number of aryl methyl sites for hydroxylation is 4. The van der Waals surface area contributed by atoms with Crippen LogP contribution in [-0.4, -0.2) is 34.8 Å². The second-order valence-corrected chi connectivity index (χ2v) is 8.85. The number of anilines is 1. The smallest absolute Gasteiger partial charge is 0.331 e. The van der Waals surface area contributed by atoms with Crippen LogP contribution in [0.2, 0.25) is 0 Å². The fraction of sp³-hybridized carbons (Fsp3) is 0.400. The van der Waals surface area contributed by atoms with E-state index in [1.807, 2.05) is 52.8 Å². The molecule has 10 heteroatoms. The van der Waals surface area contributed by atoms with Crippen LogP contribution in [0.25, 0.3) is 22.7 Å². The summed E-state index contributed by atoms with van der Waals surface area (Å²) in [6, 6.07) is 7.57. The van der Waals surface area contributed by atoms with Gasteiger partial charge in [0.15, 0.2) is 11.5 Å². The Hall–Kier alpha value is -3.95. The average Bonchev–Trinajstić information content (AvgIpc) is 3.41. The second-order valence-electron chi connectivity index (χ2n) is 8.85. The van der Waals surface area contributed by atoms with E-state index in [2.05, 4.69) is 20.4 Å². The first-order valence-corrected chi connectivity index (χ1v) is 11.9. The number of nitrogens with one attached hydrogen (secondary N) is 2. The highest BCUT2D eigenvalue weighted by Gasteiger charge is 2.19. The summed E-state index contributed by atoms with van der Waals surface area (Å²) in [5, 5.41) is 7.45. The monoisotopic (exact) mass is 477 g/mol. The molecule has 0 saturated heterocycles. The summed E-state index contributed by atoms with van der Waals surface area (Å²) in [5.74, 6) is 0.182. The van der Waals surface area contributed by atoms with Gasteiger partial charge in [-0.2, -0.15) is 5.10 Å². The van der Waals surface area contributed by atoms with Gasteiger partial charge in [-0.1, -0.05) is 19.9 Å². The zero-order chi connectivity index (χ0) is 25.3. The molecule has 10 nitrogen and oxygen atoms in total. The predicted molar refractivity (Wildman–Crippen MR) is 136 cm³/mol. The molecule has 3 aromatic heterocycles. The number of H-pyrrole nitrogens is 1. The van der Waals surface area contributed by atoms with Crippen molar-refractivity contribution in [3.63, 3.8) is 0 Å². The van der Waals surface area contributed by atoms with Gasteiger partial charge in [0.25, 0.3) is 5.56 Å². The molecule has 0 fully saturated rings. The molecule has 0 aliphatic carbocycles. The van der Waals surface area contributed by atoms with Gasteiger partial charge in [-0.3, -0.25) is 23.4 Å². The molecule has 1 amide bonds. The minimum absolute atomic E-state index is 0.0306.